The van der Waals surface area contributed by atoms with Gasteiger partial charge in [0, 0.05) is 26.3 Å². The van der Waals surface area contributed by atoms with Gasteiger partial charge in [0.05, 0.1) is 0 Å². The van der Waals surface area contributed by atoms with E-state index in [1.54, 1.807) is 42.5 Å². The Labute approximate surface area is 272 Å². The third kappa shape index (κ3) is 9.01. The highest BCUT2D eigenvalue weighted by atomic mass is 79.9. The van der Waals surface area contributed by atoms with Gasteiger partial charge in [0.25, 0.3) is 11.8 Å². The first kappa shape index (κ1) is 31.4. The van der Waals surface area contributed by atoms with Crippen LogP contribution >= 0.6 is 27.7 Å². The van der Waals surface area contributed by atoms with E-state index in [9.17, 15) is 18.8 Å². The quantitative estimate of drug-likeness (QED) is 0.102. The van der Waals surface area contributed by atoms with E-state index in [2.05, 4.69) is 31.9 Å². The van der Waals surface area contributed by atoms with Crippen LogP contribution < -0.4 is 16.0 Å². The molecule has 0 fully saturated rings. The monoisotopic (exact) mass is 679 g/mol. The van der Waals surface area contributed by atoms with Crippen LogP contribution in [0.5, 0.6) is 0 Å². The van der Waals surface area contributed by atoms with Crippen LogP contribution in [0.1, 0.15) is 26.7 Å². The maximum atomic E-state index is 13.5. The molecule has 1 atom stereocenters. The number of thioether (sulfide) groups is 1. The number of hydrogen-bond acceptors (Lipinski definition) is 4. The van der Waals surface area contributed by atoms with Gasteiger partial charge >= 0.3 is 0 Å². The molecule has 0 aliphatic rings. The van der Waals surface area contributed by atoms with Gasteiger partial charge in [-0.3, -0.25) is 14.4 Å². The molecule has 1 unspecified atom stereocenters. The Kier molecular flexibility index (Phi) is 10.6. The summed E-state index contributed by atoms with van der Waals surface area (Å²) in [5, 5.41) is 7.94. The highest BCUT2D eigenvalue weighted by Crippen LogP contribution is 2.37. The van der Waals surface area contributed by atoms with Crippen molar-refractivity contribution in [3.8, 4) is 0 Å². The molecule has 0 heterocycles. The molecule has 3 amide bonds. The number of halogens is 2. The maximum absolute atomic E-state index is 13.5. The smallest absolute Gasteiger partial charge is 0.272 e. The minimum Gasteiger partial charge on any atom is -0.325 e. The Morgan fingerprint density at radius 3 is 1.91 bits per heavy atom. The van der Waals surface area contributed by atoms with Crippen molar-refractivity contribution in [1.82, 2.24) is 5.32 Å². The molecule has 0 aromatic heterocycles. The molecule has 5 rings (SSSR count). The molecule has 0 saturated heterocycles. The van der Waals surface area contributed by atoms with E-state index >= 15 is 0 Å². The molecule has 0 aliphatic heterocycles. The number of benzene rings is 5. The van der Waals surface area contributed by atoms with Crippen molar-refractivity contribution in [3.63, 3.8) is 0 Å². The number of nitrogens with one attached hydrogen (secondary N) is 3. The molecule has 0 saturated carbocycles. The lowest BCUT2D eigenvalue weighted by Crippen LogP contribution is -2.30. The zero-order valence-electron chi connectivity index (χ0n) is 23.7. The second-order valence-corrected chi connectivity index (χ2v) is 11.9. The molecule has 9 heteroatoms. The van der Waals surface area contributed by atoms with Gasteiger partial charge in [0.1, 0.15) is 16.8 Å². The average Bonchev–Trinajstić information content (AvgIpc) is 3.06. The number of rotatable bonds is 10. The number of carbonyl (C=O) groups is 3. The Morgan fingerprint density at radius 1 is 0.689 bits per heavy atom. The summed E-state index contributed by atoms with van der Waals surface area (Å²) in [5.74, 6) is -1.60. The number of hydrogen-bond donors (Lipinski definition) is 3. The minimum absolute atomic E-state index is 0.0114. The van der Waals surface area contributed by atoms with Gasteiger partial charge in [-0.15, -0.1) is 11.8 Å². The summed E-state index contributed by atoms with van der Waals surface area (Å²) >= 11 is 4.79. The number of anilines is 2. The summed E-state index contributed by atoms with van der Waals surface area (Å²) < 4.78 is 14.4. The summed E-state index contributed by atoms with van der Waals surface area (Å²) in [4.78, 5) is 40.4. The molecule has 224 valence electrons. The lowest BCUT2D eigenvalue weighted by molar-refractivity contribution is -0.116. The summed E-state index contributed by atoms with van der Waals surface area (Å²) in [5.41, 5.74) is 2.93. The van der Waals surface area contributed by atoms with E-state index in [4.69, 9.17) is 0 Å². The summed E-state index contributed by atoms with van der Waals surface area (Å²) in [6, 6.07) is 38.1. The van der Waals surface area contributed by atoms with Crippen molar-refractivity contribution >= 4 is 62.9 Å². The predicted molar refractivity (Wildman–Crippen MR) is 181 cm³/mol. The van der Waals surface area contributed by atoms with E-state index in [0.717, 1.165) is 14.9 Å². The van der Waals surface area contributed by atoms with Gasteiger partial charge in [-0.25, -0.2) is 4.39 Å². The van der Waals surface area contributed by atoms with Gasteiger partial charge in [-0.2, -0.15) is 0 Å². The third-order valence-corrected chi connectivity index (χ3v) is 8.32. The van der Waals surface area contributed by atoms with Gasteiger partial charge < -0.3 is 16.0 Å². The van der Waals surface area contributed by atoms with Crippen LogP contribution in [-0.2, 0) is 9.59 Å². The Balaban J connectivity index is 1.32. The van der Waals surface area contributed by atoms with E-state index in [1.807, 2.05) is 66.7 Å². The summed E-state index contributed by atoms with van der Waals surface area (Å²) in [6.45, 7) is 0. The average molecular weight is 681 g/mol. The Bertz CT molecular complexity index is 1800. The van der Waals surface area contributed by atoms with Gasteiger partial charge in [-0.05, 0) is 90.0 Å². The maximum Gasteiger partial charge on any atom is 0.272 e. The SMILES string of the molecule is O=C(Nc1ccc(SC(C(=O)Nc2ccc(Br)cc2)c2ccccc2)cc1)/C(=C/c1ccc(F)cc1)NC(=O)c1ccccc1. The van der Waals surface area contributed by atoms with Crippen LogP contribution in [-0.4, -0.2) is 17.7 Å². The minimum atomic E-state index is -0.556. The summed E-state index contributed by atoms with van der Waals surface area (Å²) in [6.07, 6.45) is 1.48. The molecule has 5 aromatic carbocycles. The van der Waals surface area contributed by atoms with Crippen LogP contribution in [0.4, 0.5) is 15.8 Å². The first-order chi connectivity index (χ1) is 21.8. The fourth-order valence-corrected chi connectivity index (χ4v) is 5.55. The van der Waals surface area contributed by atoms with Gasteiger partial charge in [0.2, 0.25) is 5.91 Å². The normalized spacial score (nSPS) is 11.7. The van der Waals surface area contributed by atoms with Crippen LogP contribution in [0.25, 0.3) is 6.08 Å². The number of carbonyl (C=O) groups excluding carboxylic acids is 3. The second-order valence-electron chi connectivity index (χ2n) is 9.81. The lowest BCUT2D eigenvalue weighted by atomic mass is 10.1. The first-order valence-corrected chi connectivity index (χ1v) is 15.5. The van der Waals surface area contributed by atoms with E-state index in [-0.39, 0.29) is 11.6 Å². The van der Waals surface area contributed by atoms with Gasteiger partial charge in [-0.1, -0.05) is 76.6 Å². The van der Waals surface area contributed by atoms with Crippen LogP contribution in [0, 0.1) is 5.82 Å². The van der Waals surface area contributed by atoms with E-state index < -0.39 is 22.9 Å². The second kappa shape index (κ2) is 15.1. The summed E-state index contributed by atoms with van der Waals surface area (Å²) in [7, 11) is 0. The molecule has 5 aromatic rings. The predicted octanol–water partition coefficient (Wildman–Crippen LogP) is 8.47. The molecule has 6 nitrogen and oxygen atoms in total. The zero-order valence-corrected chi connectivity index (χ0v) is 26.1. The number of amides is 3. The lowest BCUT2D eigenvalue weighted by Gasteiger charge is -2.17. The topological polar surface area (TPSA) is 87.3 Å². The molecule has 45 heavy (non-hydrogen) atoms. The van der Waals surface area contributed by atoms with Gasteiger partial charge in [0.15, 0.2) is 0 Å². The first-order valence-electron chi connectivity index (χ1n) is 13.9. The Hall–Kier alpha value is -4.99. The Morgan fingerprint density at radius 2 is 1.27 bits per heavy atom. The van der Waals surface area contributed by atoms with Crippen molar-refractivity contribution < 1.29 is 18.8 Å². The standard InChI is InChI=1S/C36H27BrFN3O3S/c37-27-13-17-29(18-14-27)40-36(44)33(25-7-3-1-4-8-25)45-31-21-19-30(20-22-31)39-35(43)32(23-24-11-15-28(38)16-12-24)41-34(42)26-9-5-2-6-10-26/h1-23,33H,(H,39,43)(H,40,44)(H,41,42)/b32-23-. The molecule has 0 spiro atoms. The van der Waals surface area contributed by atoms with Crippen molar-refractivity contribution in [2.45, 2.75) is 10.1 Å². The molecular weight excluding hydrogens is 653 g/mol. The zero-order chi connectivity index (χ0) is 31.6. The van der Waals surface area contributed by atoms with Crippen LogP contribution in [0.3, 0.4) is 0 Å². The molecule has 3 N–H and O–H groups in total. The van der Waals surface area contributed by atoms with Crippen molar-refractivity contribution in [2.24, 2.45) is 0 Å². The molecular formula is C36H27BrFN3O3S. The van der Waals surface area contributed by atoms with Crippen molar-refractivity contribution in [3.05, 3.63) is 166 Å². The van der Waals surface area contributed by atoms with Crippen LogP contribution in [0.2, 0.25) is 0 Å². The van der Waals surface area contributed by atoms with E-state index in [1.165, 1.54) is 42.1 Å². The van der Waals surface area contributed by atoms with Crippen LogP contribution in [0.15, 0.2) is 149 Å². The van der Waals surface area contributed by atoms with Crippen molar-refractivity contribution in [2.75, 3.05) is 10.6 Å². The highest BCUT2D eigenvalue weighted by Gasteiger charge is 2.22. The fraction of sp³-hybridized carbons (Fsp3) is 0.0278. The third-order valence-electron chi connectivity index (χ3n) is 6.53. The molecule has 0 bridgehead atoms. The van der Waals surface area contributed by atoms with E-state index in [0.29, 0.717) is 22.5 Å². The largest absolute Gasteiger partial charge is 0.325 e. The molecule has 0 radical (unpaired) electrons. The highest BCUT2D eigenvalue weighted by molar-refractivity contribution is 9.10. The van der Waals surface area contributed by atoms with Crippen molar-refractivity contribution in [1.29, 1.82) is 0 Å². The molecule has 0 aliphatic carbocycles. The fourth-order valence-electron chi connectivity index (χ4n) is 4.26.